The molecule has 0 aliphatic heterocycles. The Kier molecular flexibility index (Phi) is 3.61. The first-order chi connectivity index (χ1) is 10.2. The molecule has 2 heterocycles. The van der Waals surface area contributed by atoms with Gasteiger partial charge in [-0.25, -0.2) is 9.67 Å². The number of rotatable bonds is 4. The Balaban J connectivity index is 1.75. The molecular weight excluding hydrogens is 268 g/mol. The van der Waals surface area contributed by atoms with Gasteiger partial charge in [-0.1, -0.05) is 18.2 Å². The number of aromatic nitrogens is 4. The van der Waals surface area contributed by atoms with Crippen molar-refractivity contribution in [2.24, 2.45) is 0 Å². The van der Waals surface area contributed by atoms with E-state index in [-0.39, 0.29) is 6.01 Å². The summed E-state index contributed by atoms with van der Waals surface area (Å²) < 4.78 is 7.10. The van der Waals surface area contributed by atoms with Gasteiger partial charge in [-0.2, -0.15) is 4.98 Å². The molecule has 1 unspecified atom stereocenters. The van der Waals surface area contributed by atoms with Gasteiger partial charge in [0, 0.05) is 12.3 Å². The lowest BCUT2D eigenvalue weighted by molar-refractivity contribution is 0.198. The third-order valence-electron chi connectivity index (χ3n) is 2.93. The first-order valence-corrected chi connectivity index (χ1v) is 6.51. The predicted octanol–water partition coefficient (Wildman–Crippen LogP) is 2.51. The van der Waals surface area contributed by atoms with Crippen LogP contribution in [0.3, 0.4) is 0 Å². The minimum Gasteiger partial charge on any atom is -0.404 e. The van der Waals surface area contributed by atoms with Crippen molar-refractivity contribution in [2.75, 3.05) is 0 Å². The van der Waals surface area contributed by atoms with Crippen molar-refractivity contribution in [1.29, 1.82) is 0 Å². The Morgan fingerprint density at radius 2 is 1.90 bits per heavy atom. The van der Waals surface area contributed by atoms with E-state index in [4.69, 9.17) is 4.74 Å². The highest BCUT2D eigenvalue weighted by atomic mass is 16.5. The highest BCUT2D eigenvalue weighted by Crippen LogP contribution is 2.18. The van der Waals surface area contributed by atoms with Gasteiger partial charge in [0.1, 0.15) is 6.33 Å². The molecule has 0 saturated carbocycles. The van der Waals surface area contributed by atoms with E-state index in [1.807, 2.05) is 30.3 Å². The molecule has 0 saturated heterocycles. The van der Waals surface area contributed by atoms with Crippen LogP contribution < -0.4 is 4.74 Å². The van der Waals surface area contributed by atoms with Gasteiger partial charge in [0.05, 0.1) is 11.8 Å². The molecule has 0 aliphatic carbocycles. The van der Waals surface area contributed by atoms with E-state index in [9.17, 15) is 5.11 Å². The number of pyridine rings is 1. The number of benzene rings is 1. The first-order valence-electron chi connectivity index (χ1n) is 6.51. The molecule has 21 heavy (non-hydrogen) atoms. The number of ether oxygens (including phenoxy) is 1. The molecule has 6 heteroatoms. The van der Waals surface area contributed by atoms with Crippen LogP contribution in [0.1, 0.15) is 18.6 Å². The summed E-state index contributed by atoms with van der Waals surface area (Å²) in [6, 6.07) is 13.3. The first kappa shape index (κ1) is 13.3. The zero-order valence-corrected chi connectivity index (χ0v) is 11.4. The van der Waals surface area contributed by atoms with Crippen molar-refractivity contribution in [2.45, 2.75) is 13.0 Å². The lowest BCUT2D eigenvalue weighted by Crippen LogP contribution is -1.96. The summed E-state index contributed by atoms with van der Waals surface area (Å²) in [7, 11) is 0. The lowest BCUT2D eigenvalue weighted by Gasteiger charge is -2.04. The van der Waals surface area contributed by atoms with Gasteiger partial charge in [-0.3, -0.25) is 0 Å². The molecule has 0 aliphatic rings. The second kappa shape index (κ2) is 5.72. The van der Waals surface area contributed by atoms with Gasteiger partial charge in [-0.15, -0.1) is 5.10 Å². The maximum Gasteiger partial charge on any atom is 0.342 e. The minimum absolute atomic E-state index is 0.219. The molecule has 1 aromatic carbocycles. The quantitative estimate of drug-likeness (QED) is 0.796. The molecule has 0 spiro atoms. The molecule has 3 rings (SSSR count). The maximum atomic E-state index is 9.42. The number of hydrogen-bond acceptors (Lipinski definition) is 5. The number of para-hydroxylation sites is 1. The number of aliphatic hydroxyl groups is 1. The molecule has 0 amide bonds. The zero-order valence-electron chi connectivity index (χ0n) is 11.4. The van der Waals surface area contributed by atoms with Crippen LogP contribution in [0.5, 0.6) is 11.9 Å². The highest BCUT2D eigenvalue weighted by Gasteiger charge is 2.07. The van der Waals surface area contributed by atoms with Gasteiger partial charge in [0.25, 0.3) is 0 Å². The van der Waals surface area contributed by atoms with Gasteiger partial charge in [0.2, 0.25) is 5.88 Å². The summed E-state index contributed by atoms with van der Waals surface area (Å²) in [5.41, 5.74) is 1.63. The third-order valence-corrected chi connectivity index (χ3v) is 2.93. The minimum atomic E-state index is -0.554. The van der Waals surface area contributed by atoms with Crippen LogP contribution in [0.15, 0.2) is 55.0 Å². The van der Waals surface area contributed by atoms with E-state index >= 15 is 0 Å². The summed E-state index contributed by atoms with van der Waals surface area (Å²) in [5.74, 6) is 0.380. The SMILES string of the molecule is CC(O)c1ccc(Oc2ncn(-c3ccccc3)n2)nc1. The molecule has 1 atom stereocenters. The Bertz CT molecular complexity index is 708. The Hall–Kier alpha value is -2.73. The van der Waals surface area contributed by atoms with Crippen LogP contribution in [0, 0.1) is 0 Å². The smallest absolute Gasteiger partial charge is 0.342 e. The van der Waals surface area contributed by atoms with Crippen molar-refractivity contribution in [3.8, 4) is 17.6 Å². The normalized spacial score (nSPS) is 12.1. The molecule has 0 radical (unpaired) electrons. The number of nitrogens with zero attached hydrogens (tertiary/aromatic N) is 4. The fourth-order valence-corrected chi connectivity index (χ4v) is 1.79. The van der Waals surface area contributed by atoms with E-state index in [1.165, 1.54) is 0 Å². The van der Waals surface area contributed by atoms with Crippen LogP contribution in [-0.2, 0) is 0 Å². The van der Waals surface area contributed by atoms with Crippen LogP contribution >= 0.6 is 0 Å². The van der Waals surface area contributed by atoms with Crippen LogP contribution in [-0.4, -0.2) is 24.9 Å². The van der Waals surface area contributed by atoms with Crippen molar-refractivity contribution >= 4 is 0 Å². The summed E-state index contributed by atoms with van der Waals surface area (Å²) in [6.45, 7) is 1.68. The average molecular weight is 282 g/mol. The fourth-order valence-electron chi connectivity index (χ4n) is 1.79. The largest absolute Gasteiger partial charge is 0.404 e. The molecule has 2 aromatic heterocycles. The van der Waals surface area contributed by atoms with Gasteiger partial charge >= 0.3 is 6.01 Å². The third kappa shape index (κ3) is 3.06. The number of hydrogen-bond donors (Lipinski definition) is 1. The molecule has 0 bridgehead atoms. The molecule has 3 aromatic rings. The second-order valence-corrected chi connectivity index (χ2v) is 4.52. The molecule has 0 fully saturated rings. The van der Waals surface area contributed by atoms with E-state index in [1.54, 1.807) is 36.3 Å². The number of aliphatic hydroxyl groups excluding tert-OH is 1. The summed E-state index contributed by atoms with van der Waals surface area (Å²) in [4.78, 5) is 8.19. The van der Waals surface area contributed by atoms with Crippen LogP contribution in [0.25, 0.3) is 5.69 Å². The Labute approximate surface area is 121 Å². The molecule has 1 N–H and O–H groups in total. The molecular formula is C15H14N4O2. The summed E-state index contributed by atoms with van der Waals surface area (Å²) >= 11 is 0. The Morgan fingerprint density at radius 1 is 1.10 bits per heavy atom. The van der Waals surface area contributed by atoms with Crippen molar-refractivity contribution < 1.29 is 9.84 Å². The average Bonchev–Trinajstić information content (AvgIpc) is 2.97. The van der Waals surface area contributed by atoms with Crippen molar-refractivity contribution in [3.63, 3.8) is 0 Å². The summed E-state index contributed by atoms with van der Waals surface area (Å²) in [5, 5.41) is 13.7. The van der Waals surface area contributed by atoms with Gasteiger partial charge < -0.3 is 9.84 Å². The van der Waals surface area contributed by atoms with Crippen LogP contribution in [0.4, 0.5) is 0 Å². The summed E-state index contributed by atoms with van der Waals surface area (Å²) in [6.07, 6.45) is 2.59. The maximum absolute atomic E-state index is 9.42. The zero-order chi connectivity index (χ0) is 14.7. The van der Waals surface area contributed by atoms with E-state index < -0.39 is 6.10 Å². The Morgan fingerprint density at radius 3 is 2.57 bits per heavy atom. The molecule has 6 nitrogen and oxygen atoms in total. The fraction of sp³-hybridized carbons (Fsp3) is 0.133. The van der Waals surface area contributed by atoms with E-state index in [2.05, 4.69) is 15.1 Å². The second-order valence-electron chi connectivity index (χ2n) is 4.52. The highest BCUT2D eigenvalue weighted by molar-refractivity contribution is 5.30. The standard InChI is InChI=1S/C15H14N4O2/c1-11(20)12-7-8-14(16-9-12)21-15-17-10-19(18-15)13-5-3-2-4-6-13/h2-11,20H,1H3. The monoisotopic (exact) mass is 282 g/mol. The van der Waals surface area contributed by atoms with E-state index in [0.29, 0.717) is 5.88 Å². The van der Waals surface area contributed by atoms with Crippen molar-refractivity contribution in [3.05, 3.63) is 60.6 Å². The predicted molar refractivity (Wildman–Crippen MR) is 76.3 cm³/mol. The lowest BCUT2D eigenvalue weighted by atomic mass is 10.2. The topological polar surface area (TPSA) is 73.1 Å². The van der Waals surface area contributed by atoms with Gasteiger partial charge in [-0.05, 0) is 30.7 Å². The van der Waals surface area contributed by atoms with Gasteiger partial charge in [0.15, 0.2) is 0 Å². The van der Waals surface area contributed by atoms with Crippen LogP contribution in [0.2, 0.25) is 0 Å². The molecule has 106 valence electrons. The van der Waals surface area contributed by atoms with E-state index in [0.717, 1.165) is 11.3 Å². The van der Waals surface area contributed by atoms with Crippen molar-refractivity contribution in [1.82, 2.24) is 19.7 Å².